The van der Waals surface area contributed by atoms with E-state index in [4.69, 9.17) is 0 Å². The molecule has 0 saturated carbocycles. The molecule has 12 heteroatoms. The van der Waals surface area contributed by atoms with Gasteiger partial charge in [-0.2, -0.15) is 5.10 Å². The number of H-pyrrole nitrogens is 1. The van der Waals surface area contributed by atoms with Crippen LogP contribution in [0, 0.1) is 15.9 Å². The molecule has 0 aliphatic carbocycles. The van der Waals surface area contributed by atoms with Crippen molar-refractivity contribution in [2.45, 2.75) is 31.3 Å². The van der Waals surface area contributed by atoms with Gasteiger partial charge in [-0.3, -0.25) is 24.4 Å². The summed E-state index contributed by atoms with van der Waals surface area (Å²) in [5.74, 6) is -0.952. The summed E-state index contributed by atoms with van der Waals surface area (Å²) in [6, 6.07) is 12.3. The number of nitrogens with one attached hydrogen (secondary N) is 4. The molecule has 202 valence electrons. The van der Waals surface area contributed by atoms with Crippen molar-refractivity contribution in [1.29, 1.82) is 0 Å². The minimum Gasteiger partial charge on any atom is -0.361 e. The number of carbonyl (C=O) groups is 2. The van der Waals surface area contributed by atoms with Gasteiger partial charge in [0.25, 0.3) is 5.69 Å². The Labute approximate surface area is 222 Å². The number of carbonyl (C=O) groups excluding carboxylic acids is 2. The molecule has 11 nitrogen and oxygen atoms in total. The number of nitro benzene ring substituents is 1. The van der Waals surface area contributed by atoms with Crippen LogP contribution in [0.4, 0.5) is 10.1 Å². The summed E-state index contributed by atoms with van der Waals surface area (Å²) >= 11 is 0. The second-order valence-corrected chi connectivity index (χ2v) is 9.60. The number of rotatable bonds is 9. The van der Waals surface area contributed by atoms with Crippen molar-refractivity contribution in [3.05, 3.63) is 82.4 Å². The Bertz CT molecular complexity index is 1520. The second kappa shape index (κ2) is 11.0. The normalized spacial score (nSPS) is 14.7. The Hall–Kier alpha value is -4.58. The van der Waals surface area contributed by atoms with Gasteiger partial charge < -0.3 is 20.9 Å². The van der Waals surface area contributed by atoms with Crippen LogP contribution >= 0.6 is 0 Å². The first-order chi connectivity index (χ1) is 18.8. The van der Waals surface area contributed by atoms with Gasteiger partial charge in [0.05, 0.1) is 10.6 Å². The molecule has 0 radical (unpaired) electrons. The fourth-order valence-corrected chi connectivity index (χ4v) is 4.94. The molecule has 1 aliphatic rings. The summed E-state index contributed by atoms with van der Waals surface area (Å²) in [6.45, 7) is 1.37. The average Bonchev–Trinajstić information content (AvgIpc) is 3.56. The molecule has 39 heavy (non-hydrogen) atoms. The zero-order valence-corrected chi connectivity index (χ0v) is 21.1. The summed E-state index contributed by atoms with van der Waals surface area (Å²) < 4.78 is 15.1. The quantitative estimate of drug-likeness (QED) is 0.192. The van der Waals surface area contributed by atoms with E-state index in [2.05, 4.69) is 26.0 Å². The minimum atomic E-state index is -1.06. The van der Waals surface area contributed by atoms with E-state index in [9.17, 15) is 24.1 Å². The van der Waals surface area contributed by atoms with E-state index in [1.54, 1.807) is 30.5 Å². The highest BCUT2D eigenvalue weighted by Crippen LogP contribution is 2.23. The van der Waals surface area contributed by atoms with E-state index >= 15 is 0 Å². The van der Waals surface area contributed by atoms with E-state index in [-0.39, 0.29) is 29.9 Å². The highest BCUT2D eigenvalue weighted by atomic mass is 19.1. The average molecular weight is 534 g/mol. The molecule has 0 atom stereocenters. The van der Waals surface area contributed by atoms with E-state index in [0.29, 0.717) is 50.2 Å². The number of nitro groups is 1. The number of non-ortho nitro benzene ring substituents is 1. The SMILES string of the molecule is O=C(Cn1ccc(-c2cccc([N+](=O)[O-])c2)n1)NC1(C(=O)NCCc2c[nH]c3ccc(F)cc23)CCNCC1. The van der Waals surface area contributed by atoms with Crippen molar-refractivity contribution in [1.82, 2.24) is 30.7 Å². The van der Waals surface area contributed by atoms with Gasteiger partial charge in [-0.15, -0.1) is 0 Å². The lowest BCUT2D eigenvalue weighted by molar-refractivity contribution is -0.384. The maximum absolute atomic E-state index is 13.7. The summed E-state index contributed by atoms with van der Waals surface area (Å²) in [7, 11) is 0. The van der Waals surface area contributed by atoms with Crippen molar-refractivity contribution in [2.75, 3.05) is 19.6 Å². The Morgan fingerprint density at radius 2 is 1.97 bits per heavy atom. The standard InChI is InChI=1S/C27H28FN7O4/c28-20-4-5-24-22(15-20)19(16-31-24)6-10-30-26(37)27(8-11-29-12-9-27)32-25(36)17-34-13-7-23(33-34)18-2-1-3-21(14-18)35(38)39/h1-5,7,13-16,29,31H,6,8-12,17H2,(H,30,37)(H,32,36). The van der Waals surface area contributed by atoms with Crippen molar-refractivity contribution >= 4 is 28.4 Å². The monoisotopic (exact) mass is 533 g/mol. The summed E-state index contributed by atoms with van der Waals surface area (Å²) in [5, 5.41) is 25.3. The summed E-state index contributed by atoms with van der Waals surface area (Å²) in [4.78, 5) is 40.1. The molecule has 0 unspecified atom stereocenters. The fraction of sp³-hybridized carbons (Fsp3) is 0.296. The van der Waals surface area contributed by atoms with Gasteiger partial charge in [-0.25, -0.2) is 4.39 Å². The smallest absolute Gasteiger partial charge is 0.270 e. The number of aromatic amines is 1. The molecule has 1 saturated heterocycles. The minimum absolute atomic E-state index is 0.0458. The van der Waals surface area contributed by atoms with Crippen molar-refractivity contribution in [2.24, 2.45) is 0 Å². The molecule has 4 aromatic rings. The predicted octanol–water partition coefficient (Wildman–Crippen LogP) is 2.68. The van der Waals surface area contributed by atoms with Gasteiger partial charge in [-0.05, 0) is 62.2 Å². The number of aromatic nitrogens is 3. The van der Waals surface area contributed by atoms with Crippen molar-refractivity contribution < 1.29 is 18.9 Å². The Kier molecular flexibility index (Phi) is 7.37. The van der Waals surface area contributed by atoms with Crippen LogP contribution in [-0.4, -0.2) is 56.7 Å². The third-order valence-electron chi connectivity index (χ3n) is 6.98. The van der Waals surface area contributed by atoms with E-state index < -0.39 is 10.5 Å². The van der Waals surface area contributed by atoms with Crippen LogP contribution in [0.15, 0.2) is 60.9 Å². The Balaban J connectivity index is 1.22. The second-order valence-electron chi connectivity index (χ2n) is 9.60. The van der Waals surface area contributed by atoms with Crippen LogP contribution in [0.2, 0.25) is 0 Å². The van der Waals surface area contributed by atoms with E-state index in [0.717, 1.165) is 16.5 Å². The molecule has 2 amide bonds. The predicted molar refractivity (Wildman–Crippen MR) is 142 cm³/mol. The molecule has 2 aromatic heterocycles. The maximum atomic E-state index is 13.7. The van der Waals surface area contributed by atoms with Crippen molar-refractivity contribution in [3.63, 3.8) is 0 Å². The molecule has 2 aromatic carbocycles. The first-order valence-corrected chi connectivity index (χ1v) is 12.7. The van der Waals surface area contributed by atoms with Gasteiger partial charge in [-0.1, -0.05) is 12.1 Å². The van der Waals surface area contributed by atoms with Gasteiger partial charge in [0.1, 0.15) is 17.9 Å². The van der Waals surface area contributed by atoms with E-state index in [1.165, 1.54) is 28.9 Å². The molecule has 1 fully saturated rings. The third kappa shape index (κ3) is 5.80. The van der Waals surface area contributed by atoms with Gasteiger partial charge in [0, 0.05) is 47.5 Å². The number of nitrogens with zero attached hydrogens (tertiary/aromatic N) is 3. The number of hydrogen-bond acceptors (Lipinski definition) is 6. The van der Waals surface area contributed by atoms with Crippen LogP contribution in [0.5, 0.6) is 0 Å². The number of benzene rings is 2. The number of fused-ring (bicyclic) bond motifs is 1. The lowest BCUT2D eigenvalue weighted by Gasteiger charge is -2.37. The van der Waals surface area contributed by atoms with E-state index in [1.807, 2.05) is 6.20 Å². The molecule has 4 N–H and O–H groups in total. The lowest BCUT2D eigenvalue weighted by Crippen LogP contribution is -2.63. The first-order valence-electron chi connectivity index (χ1n) is 12.7. The van der Waals surface area contributed by atoms with Crippen molar-refractivity contribution in [3.8, 4) is 11.3 Å². The molecule has 5 rings (SSSR count). The van der Waals surface area contributed by atoms with Crippen LogP contribution in [0.3, 0.4) is 0 Å². The Morgan fingerprint density at radius 3 is 2.77 bits per heavy atom. The Morgan fingerprint density at radius 1 is 1.15 bits per heavy atom. The molecule has 0 spiro atoms. The molecule has 3 heterocycles. The van der Waals surface area contributed by atoms with Crippen LogP contribution in [0.25, 0.3) is 22.2 Å². The summed E-state index contributed by atoms with van der Waals surface area (Å²) in [5.41, 5.74) is 1.67. The van der Waals surface area contributed by atoms with Crippen LogP contribution < -0.4 is 16.0 Å². The fourth-order valence-electron chi connectivity index (χ4n) is 4.94. The number of halogens is 1. The van der Waals surface area contributed by atoms with Gasteiger partial charge >= 0.3 is 0 Å². The number of hydrogen-bond donors (Lipinski definition) is 4. The highest BCUT2D eigenvalue weighted by Gasteiger charge is 2.40. The third-order valence-corrected chi connectivity index (χ3v) is 6.98. The number of piperidine rings is 1. The number of amides is 2. The summed E-state index contributed by atoms with van der Waals surface area (Å²) in [6.07, 6.45) is 4.80. The van der Waals surface area contributed by atoms with Crippen LogP contribution in [0.1, 0.15) is 18.4 Å². The van der Waals surface area contributed by atoms with Gasteiger partial charge in [0.2, 0.25) is 11.8 Å². The molecular formula is C27H28FN7O4. The lowest BCUT2D eigenvalue weighted by atomic mass is 9.87. The highest BCUT2D eigenvalue weighted by molar-refractivity contribution is 5.91. The van der Waals surface area contributed by atoms with Crippen LogP contribution in [-0.2, 0) is 22.6 Å². The largest absolute Gasteiger partial charge is 0.361 e. The molecule has 0 bridgehead atoms. The zero-order valence-electron chi connectivity index (χ0n) is 21.1. The zero-order chi connectivity index (χ0) is 27.4. The first kappa shape index (κ1) is 26.0. The molecule has 1 aliphatic heterocycles. The van der Waals surface area contributed by atoms with Gasteiger partial charge in [0.15, 0.2) is 0 Å². The molecular weight excluding hydrogens is 505 g/mol. The maximum Gasteiger partial charge on any atom is 0.270 e. The topological polar surface area (TPSA) is 147 Å².